The van der Waals surface area contributed by atoms with E-state index in [2.05, 4.69) is 31.0 Å². The normalized spacial score (nSPS) is 17.4. The average molecular weight is 501 g/mol. The lowest BCUT2D eigenvalue weighted by molar-refractivity contribution is 0.0696. The zero-order valence-electron chi connectivity index (χ0n) is 20.3. The van der Waals surface area contributed by atoms with E-state index in [1.165, 1.54) is 10.7 Å². The molecule has 0 aliphatic heterocycles. The first-order valence-corrected chi connectivity index (χ1v) is 12.1. The van der Waals surface area contributed by atoms with E-state index >= 15 is 0 Å². The number of amides is 1. The van der Waals surface area contributed by atoms with Gasteiger partial charge in [-0.15, -0.1) is 5.10 Å². The zero-order chi connectivity index (χ0) is 25.9. The Balaban J connectivity index is 1.50. The van der Waals surface area contributed by atoms with Crippen molar-refractivity contribution in [3.05, 3.63) is 71.8 Å². The van der Waals surface area contributed by atoms with Gasteiger partial charge in [-0.1, -0.05) is 0 Å². The number of aromatic carboxylic acids is 1. The van der Waals surface area contributed by atoms with Gasteiger partial charge in [0, 0.05) is 41.9 Å². The highest BCUT2D eigenvalue weighted by molar-refractivity contribution is 6.03. The third-order valence-electron chi connectivity index (χ3n) is 6.50. The van der Waals surface area contributed by atoms with Gasteiger partial charge in [-0.3, -0.25) is 9.78 Å². The number of nitrogens with two attached hydrogens (primary N) is 1. The van der Waals surface area contributed by atoms with Gasteiger partial charge < -0.3 is 26.8 Å². The molecule has 11 nitrogen and oxygen atoms in total. The SMILES string of the molecule is Cc1cc(Nc2cc(N[C@H]3CC[C@H](N)CC3)nn3c(C(=O)Nc4ccncc4)cnc23)ccc1C(=O)O. The van der Waals surface area contributed by atoms with Crippen molar-refractivity contribution in [2.75, 3.05) is 16.0 Å². The Kier molecular flexibility index (Phi) is 6.69. The van der Waals surface area contributed by atoms with Crippen molar-refractivity contribution >= 4 is 40.4 Å². The van der Waals surface area contributed by atoms with E-state index in [1.807, 2.05) is 6.07 Å². The molecule has 3 aromatic heterocycles. The van der Waals surface area contributed by atoms with Crippen molar-refractivity contribution in [2.45, 2.75) is 44.7 Å². The van der Waals surface area contributed by atoms with Gasteiger partial charge in [0.05, 0.1) is 17.4 Å². The van der Waals surface area contributed by atoms with Crippen LogP contribution >= 0.6 is 0 Å². The van der Waals surface area contributed by atoms with Crippen molar-refractivity contribution in [3.8, 4) is 0 Å². The number of carboxylic acids is 1. The number of hydrogen-bond donors (Lipinski definition) is 5. The second kappa shape index (κ2) is 10.2. The Hall–Kier alpha value is -4.51. The summed E-state index contributed by atoms with van der Waals surface area (Å²) in [6, 6.07) is 10.7. The summed E-state index contributed by atoms with van der Waals surface area (Å²) in [4.78, 5) is 33.0. The highest BCUT2D eigenvalue weighted by Gasteiger charge is 2.21. The molecule has 1 fully saturated rings. The van der Waals surface area contributed by atoms with E-state index in [9.17, 15) is 14.7 Å². The smallest absolute Gasteiger partial charge is 0.335 e. The molecular weight excluding hydrogens is 472 g/mol. The molecular formula is C26H28N8O3. The summed E-state index contributed by atoms with van der Waals surface area (Å²) in [7, 11) is 0. The van der Waals surface area contributed by atoms with E-state index in [4.69, 9.17) is 5.73 Å². The molecule has 1 aromatic carbocycles. The van der Waals surface area contributed by atoms with Crippen LogP contribution in [0.4, 0.5) is 22.9 Å². The third-order valence-corrected chi connectivity index (χ3v) is 6.50. The minimum absolute atomic E-state index is 0.215. The predicted molar refractivity (Wildman–Crippen MR) is 140 cm³/mol. The third kappa shape index (κ3) is 5.36. The molecule has 0 atom stereocenters. The summed E-state index contributed by atoms with van der Waals surface area (Å²) < 4.78 is 1.51. The summed E-state index contributed by atoms with van der Waals surface area (Å²) in [6.07, 6.45) is 8.40. The number of carboxylic acid groups (broad SMARTS) is 1. The lowest BCUT2D eigenvalue weighted by Gasteiger charge is -2.27. The van der Waals surface area contributed by atoms with Crippen LogP contribution in [-0.2, 0) is 0 Å². The highest BCUT2D eigenvalue weighted by Crippen LogP contribution is 2.28. The fourth-order valence-electron chi connectivity index (χ4n) is 4.53. The standard InChI is InChI=1S/C26H28N8O3/c1-15-12-19(6-7-20(15)26(36)37)30-21-13-23(31-17-4-2-16(27)3-5-17)33-34-22(14-29-24(21)34)25(35)32-18-8-10-28-11-9-18/h6-14,16-17,30H,2-5,27H2,1H3,(H,31,33)(H,36,37)(H,28,32,35)/t16-,17-. The van der Waals surface area contributed by atoms with E-state index in [1.54, 1.807) is 49.6 Å². The van der Waals surface area contributed by atoms with Gasteiger partial charge >= 0.3 is 5.97 Å². The molecule has 0 spiro atoms. The number of pyridine rings is 1. The van der Waals surface area contributed by atoms with Gasteiger partial charge in [-0.25, -0.2) is 14.3 Å². The van der Waals surface area contributed by atoms with Crippen LogP contribution in [0.25, 0.3) is 5.65 Å². The van der Waals surface area contributed by atoms with Gasteiger partial charge in [0.1, 0.15) is 5.82 Å². The molecule has 190 valence electrons. The number of rotatable bonds is 7. The van der Waals surface area contributed by atoms with Crippen molar-refractivity contribution in [3.63, 3.8) is 0 Å². The maximum atomic E-state index is 13.1. The van der Waals surface area contributed by atoms with Crippen LogP contribution in [-0.4, -0.2) is 48.6 Å². The van der Waals surface area contributed by atoms with Crippen LogP contribution in [0, 0.1) is 6.92 Å². The fraction of sp³-hybridized carbons (Fsp3) is 0.269. The largest absolute Gasteiger partial charge is 0.478 e. The highest BCUT2D eigenvalue weighted by atomic mass is 16.4. The number of carbonyl (C=O) groups excluding carboxylic acids is 1. The number of nitrogens with zero attached hydrogens (tertiary/aromatic N) is 4. The minimum atomic E-state index is -0.979. The molecule has 1 aliphatic carbocycles. The Morgan fingerprint density at radius 2 is 1.81 bits per heavy atom. The van der Waals surface area contributed by atoms with Crippen LogP contribution in [0.3, 0.4) is 0 Å². The van der Waals surface area contributed by atoms with Crippen LogP contribution in [0.1, 0.15) is 52.1 Å². The monoisotopic (exact) mass is 500 g/mol. The quantitative estimate of drug-likeness (QED) is 0.254. The summed E-state index contributed by atoms with van der Waals surface area (Å²) in [5.41, 5.74) is 9.57. The van der Waals surface area contributed by atoms with Crippen molar-refractivity contribution < 1.29 is 14.7 Å². The number of anilines is 4. The molecule has 5 rings (SSSR count). The Labute approximate surface area is 213 Å². The number of fused-ring (bicyclic) bond motifs is 1. The molecule has 1 saturated carbocycles. The minimum Gasteiger partial charge on any atom is -0.478 e. The molecule has 4 aromatic rings. The second-order valence-corrected chi connectivity index (χ2v) is 9.23. The first-order chi connectivity index (χ1) is 17.9. The summed E-state index contributed by atoms with van der Waals surface area (Å²) in [5, 5.41) is 23.7. The van der Waals surface area contributed by atoms with Crippen LogP contribution < -0.4 is 21.7 Å². The Bertz CT molecular complexity index is 1450. The molecule has 1 amide bonds. The van der Waals surface area contributed by atoms with E-state index in [-0.39, 0.29) is 29.2 Å². The van der Waals surface area contributed by atoms with E-state index in [0.29, 0.717) is 34.1 Å². The number of nitrogens with one attached hydrogen (secondary N) is 3. The Morgan fingerprint density at radius 1 is 1.05 bits per heavy atom. The molecule has 3 heterocycles. The van der Waals surface area contributed by atoms with Gasteiger partial charge in [0.25, 0.3) is 5.91 Å². The topological polar surface area (TPSA) is 160 Å². The van der Waals surface area contributed by atoms with Gasteiger partial charge in [0.2, 0.25) is 0 Å². The Morgan fingerprint density at radius 3 is 2.51 bits per heavy atom. The first-order valence-electron chi connectivity index (χ1n) is 12.1. The zero-order valence-corrected chi connectivity index (χ0v) is 20.3. The van der Waals surface area contributed by atoms with E-state index < -0.39 is 5.97 Å². The van der Waals surface area contributed by atoms with Gasteiger partial charge in [0.15, 0.2) is 11.3 Å². The number of aromatic nitrogens is 4. The maximum absolute atomic E-state index is 13.1. The van der Waals surface area contributed by atoms with Gasteiger partial charge in [-0.05, 0) is 68.5 Å². The maximum Gasteiger partial charge on any atom is 0.335 e. The summed E-state index contributed by atoms with van der Waals surface area (Å²) in [6.45, 7) is 1.74. The number of hydrogen-bond acceptors (Lipinski definition) is 8. The van der Waals surface area contributed by atoms with Crippen LogP contribution in [0.5, 0.6) is 0 Å². The number of imidazole rings is 1. The van der Waals surface area contributed by atoms with Gasteiger partial charge in [-0.2, -0.15) is 0 Å². The molecule has 6 N–H and O–H groups in total. The van der Waals surface area contributed by atoms with Crippen molar-refractivity contribution in [1.29, 1.82) is 0 Å². The molecule has 0 saturated heterocycles. The molecule has 11 heteroatoms. The second-order valence-electron chi connectivity index (χ2n) is 9.23. The van der Waals surface area contributed by atoms with E-state index in [0.717, 1.165) is 25.7 Å². The van der Waals surface area contributed by atoms with Crippen molar-refractivity contribution in [1.82, 2.24) is 19.6 Å². The average Bonchev–Trinajstić information content (AvgIpc) is 3.30. The molecule has 0 radical (unpaired) electrons. The lowest BCUT2D eigenvalue weighted by atomic mass is 9.92. The van der Waals surface area contributed by atoms with Crippen LogP contribution in [0.15, 0.2) is 55.0 Å². The fourth-order valence-corrected chi connectivity index (χ4v) is 4.53. The lowest BCUT2D eigenvalue weighted by Crippen LogP contribution is -2.33. The van der Waals surface area contributed by atoms with Crippen molar-refractivity contribution in [2.24, 2.45) is 5.73 Å². The molecule has 0 unspecified atom stereocenters. The number of benzene rings is 1. The molecule has 37 heavy (non-hydrogen) atoms. The predicted octanol–water partition coefficient (Wildman–Crippen LogP) is 3.81. The molecule has 1 aliphatic rings. The molecule has 0 bridgehead atoms. The number of aryl methyl sites for hydroxylation is 1. The summed E-state index contributed by atoms with van der Waals surface area (Å²) >= 11 is 0. The summed E-state index contributed by atoms with van der Waals surface area (Å²) in [5.74, 6) is -0.753. The number of carbonyl (C=O) groups is 2. The first kappa shape index (κ1) is 24.2. The van der Waals surface area contributed by atoms with Crippen LogP contribution in [0.2, 0.25) is 0 Å².